The summed E-state index contributed by atoms with van der Waals surface area (Å²) in [6, 6.07) is 36.0. The molecule has 0 spiro atoms. The number of rotatable bonds is 11. The Labute approximate surface area is 247 Å². The van der Waals surface area contributed by atoms with Gasteiger partial charge in [0.25, 0.3) is 5.91 Å². The van der Waals surface area contributed by atoms with Crippen molar-refractivity contribution in [2.45, 2.75) is 26.0 Å². The molecule has 0 bridgehead atoms. The van der Waals surface area contributed by atoms with E-state index in [9.17, 15) is 18.0 Å². The second-order valence-electron chi connectivity index (χ2n) is 9.62. The van der Waals surface area contributed by atoms with Gasteiger partial charge in [-0.1, -0.05) is 91.0 Å². The van der Waals surface area contributed by atoms with Crippen LogP contribution < -0.4 is 19.5 Å². The number of ether oxygens (including phenoxy) is 3. The van der Waals surface area contributed by atoms with Crippen LogP contribution in [0.2, 0.25) is 0 Å². The van der Waals surface area contributed by atoms with Gasteiger partial charge in [-0.05, 0) is 53.1 Å². The van der Waals surface area contributed by atoms with Gasteiger partial charge in [-0.3, -0.25) is 4.79 Å². The van der Waals surface area contributed by atoms with Crippen molar-refractivity contribution < 1.29 is 32.2 Å². The monoisotopic (exact) mass is 583 g/mol. The summed E-state index contributed by atoms with van der Waals surface area (Å²) in [5.74, 6) is 0.168. The standard InChI is InChI=1S/C35H28F3NO4/c36-35(37,38)28-16-18-29(19-17-28)39-34(40)30-20-21-31(41-22-25-10-4-1-5-11-25)33(43-24-27-14-8-3-9-15-27)32(30)42-23-26-12-6-2-7-13-26/h1-21H,22-24H2,(H,39,40). The number of halogens is 3. The summed E-state index contributed by atoms with van der Waals surface area (Å²) >= 11 is 0. The van der Waals surface area contributed by atoms with E-state index >= 15 is 0 Å². The van der Waals surface area contributed by atoms with Gasteiger partial charge in [-0.15, -0.1) is 0 Å². The van der Waals surface area contributed by atoms with Gasteiger partial charge in [0.05, 0.1) is 11.1 Å². The zero-order chi connectivity index (χ0) is 30.1. The van der Waals surface area contributed by atoms with Crippen LogP contribution in [0.25, 0.3) is 0 Å². The van der Waals surface area contributed by atoms with E-state index in [-0.39, 0.29) is 42.6 Å². The summed E-state index contributed by atoms with van der Waals surface area (Å²) in [5, 5.41) is 2.67. The summed E-state index contributed by atoms with van der Waals surface area (Å²) in [5.41, 5.74) is 2.21. The van der Waals surface area contributed by atoms with Crippen LogP contribution in [0.4, 0.5) is 18.9 Å². The van der Waals surface area contributed by atoms with E-state index in [1.807, 2.05) is 91.0 Å². The Bertz CT molecular complexity index is 1630. The predicted octanol–water partition coefficient (Wildman–Crippen LogP) is 8.69. The van der Waals surface area contributed by atoms with Gasteiger partial charge in [0.15, 0.2) is 11.5 Å². The van der Waals surface area contributed by atoms with Crippen molar-refractivity contribution in [2.75, 3.05) is 5.32 Å². The van der Waals surface area contributed by atoms with Gasteiger partial charge < -0.3 is 19.5 Å². The SMILES string of the molecule is O=C(Nc1ccc(C(F)(F)F)cc1)c1ccc(OCc2ccccc2)c(OCc2ccccc2)c1OCc1ccccc1. The molecule has 8 heteroatoms. The Hall–Kier alpha value is -5.24. The van der Waals surface area contributed by atoms with E-state index in [1.54, 1.807) is 12.1 Å². The van der Waals surface area contributed by atoms with Crippen LogP contribution in [0.15, 0.2) is 127 Å². The molecule has 0 aliphatic carbocycles. The Morgan fingerprint density at radius 2 is 1.02 bits per heavy atom. The molecule has 0 atom stereocenters. The molecule has 43 heavy (non-hydrogen) atoms. The third-order valence-electron chi connectivity index (χ3n) is 6.48. The molecule has 5 rings (SSSR count). The molecule has 0 aliphatic rings. The van der Waals surface area contributed by atoms with Crippen molar-refractivity contribution in [1.29, 1.82) is 0 Å². The zero-order valence-corrected chi connectivity index (χ0v) is 23.0. The third kappa shape index (κ3) is 7.95. The highest BCUT2D eigenvalue weighted by atomic mass is 19.4. The quantitative estimate of drug-likeness (QED) is 0.169. The predicted molar refractivity (Wildman–Crippen MR) is 158 cm³/mol. The molecule has 0 radical (unpaired) electrons. The molecule has 0 fully saturated rings. The van der Waals surface area contributed by atoms with Crippen LogP contribution in [-0.4, -0.2) is 5.91 Å². The molecular weight excluding hydrogens is 555 g/mol. The van der Waals surface area contributed by atoms with Crippen LogP contribution in [0.3, 0.4) is 0 Å². The highest BCUT2D eigenvalue weighted by Crippen LogP contribution is 2.42. The number of amides is 1. The molecule has 1 amide bonds. The highest BCUT2D eigenvalue weighted by Gasteiger charge is 2.30. The zero-order valence-electron chi connectivity index (χ0n) is 23.0. The van der Waals surface area contributed by atoms with Crippen molar-refractivity contribution in [3.8, 4) is 17.2 Å². The number of alkyl halides is 3. The van der Waals surface area contributed by atoms with E-state index < -0.39 is 17.6 Å². The van der Waals surface area contributed by atoms with Gasteiger partial charge in [-0.25, -0.2) is 0 Å². The van der Waals surface area contributed by atoms with Crippen molar-refractivity contribution >= 4 is 11.6 Å². The van der Waals surface area contributed by atoms with Gasteiger partial charge in [-0.2, -0.15) is 13.2 Å². The Balaban J connectivity index is 1.50. The van der Waals surface area contributed by atoms with E-state index in [4.69, 9.17) is 14.2 Å². The normalized spacial score (nSPS) is 11.0. The van der Waals surface area contributed by atoms with Crippen LogP contribution in [0, 0.1) is 0 Å². The number of benzene rings is 5. The van der Waals surface area contributed by atoms with E-state index in [0.29, 0.717) is 5.75 Å². The molecule has 0 saturated heterocycles. The first-order chi connectivity index (χ1) is 20.9. The maximum atomic E-state index is 13.5. The van der Waals surface area contributed by atoms with Crippen molar-refractivity contribution in [1.82, 2.24) is 0 Å². The molecule has 1 N–H and O–H groups in total. The molecule has 5 aromatic carbocycles. The average molecular weight is 584 g/mol. The van der Waals surface area contributed by atoms with Crippen LogP contribution in [-0.2, 0) is 26.0 Å². The summed E-state index contributed by atoms with van der Waals surface area (Å²) in [7, 11) is 0. The molecule has 0 unspecified atom stereocenters. The van der Waals surface area contributed by atoms with E-state index in [2.05, 4.69) is 5.32 Å². The fourth-order valence-corrected chi connectivity index (χ4v) is 4.25. The lowest BCUT2D eigenvalue weighted by Crippen LogP contribution is -2.15. The minimum absolute atomic E-state index is 0.130. The van der Waals surface area contributed by atoms with E-state index in [1.165, 1.54) is 12.1 Å². The van der Waals surface area contributed by atoms with Crippen LogP contribution in [0.1, 0.15) is 32.6 Å². The number of nitrogens with one attached hydrogen (secondary N) is 1. The minimum Gasteiger partial charge on any atom is -0.485 e. The first-order valence-corrected chi connectivity index (χ1v) is 13.5. The first kappa shape index (κ1) is 29.3. The topological polar surface area (TPSA) is 56.8 Å². The Morgan fingerprint density at radius 1 is 0.558 bits per heavy atom. The number of carbonyl (C=O) groups is 1. The smallest absolute Gasteiger partial charge is 0.416 e. The van der Waals surface area contributed by atoms with Gasteiger partial charge >= 0.3 is 6.18 Å². The van der Waals surface area contributed by atoms with Crippen molar-refractivity contribution in [3.05, 3.63) is 155 Å². The molecule has 218 valence electrons. The number of hydrogen-bond acceptors (Lipinski definition) is 4. The van der Waals surface area contributed by atoms with Gasteiger partial charge in [0.2, 0.25) is 5.75 Å². The van der Waals surface area contributed by atoms with Gasteiger partial charge in [0, 0.05) is 5.69 Å². The molecule has 0 saturated carbocycles. The summed E-state index contributed by atoms with van der Waals surface area (Å²) in [6.45, 7) is 0.553. The minimum atomic E-state index is -4.48. The average Bonchev–Trinajstić information content (AvgIpc) is 3.03. The third-order valence-corrected chi connectivity index (χ3v) is 6.48. The fraction of sp³-hybridized carbons (Fsp3) is 0.114. The Morgan fingerprint density at radius 3 is 1.51 bits per heavy atom. The van der Waals surface area contributed by atoms with Crippen LogP contribution in [0.5, 0.6) is 17.2 Å². The lowest BCUT2D eigenvalue weighted by molar-refractivity contribution is -0.137. The maximum Gasteiger partial charge on any atom is 0.416 e. The lowest BCUT2D eigenvalue weighted by Gasteiger charge is -2.20. The first-order valence-electron chi connectivity index (χ1n) is 13.5. The summed E-state index contributed by atoms with van der Waals surface area (Å²) in [6.07, 6.45) is -4.48. The van der Waals surface area contributed by atoms with Crippen LogP contribution >= 0.6 is 0 Å². The molecule has 0 aromatic heterocycles. The number of carbonyl (C=O) groups excluding carboxylic acids is 1. The number of anilines is 1. The second kappa shape index (κ2) is 13.6. The highest BCUT2D eigenvalue weighted by molar-refractivity contribution is 6.07. The maximum absolute atomic E-state index is 13.5. The van der Waals surface area contributed by atoms with Gasteiger partial charge in [0.1, 0.15) is 19.8 Å². The summed E-state index contributed by atoms with van der Waals surface area (Å²) in [4.78, 5) is 13.5. The number of hydrogen-bond donors (Lipinski definition) is 1. The Kier molecular flexibility index (Phi) is 9.26. The lowest BCUT2D eigenvalue weighted by atomic mass is 10.1. The molecule has 5 aromatic rings. The molecule has 5 nitrogen and oxygen atoms in total. The van der Waals surface area contributed by atoms with Crippen molar-refractivity contribution in [3.63, 3.8) is 0 Å². The second-order valence-corrected chi connectivity index (χ2v) is 9.62. The van der Waals surface area contributed by atoms with E-state index in [0.717, 1.165) is 28.8 Å². The van der Waals surface area contributed by atoms with Crippen molar-refractivity contribution in [2.24, 2.45) is 0 Å². The molecular formula is C35H28F3NO4. The fourth-order valence-electron chi connectivity index (χ4n) is 4.25. The summed E-state index contributed by atoms with van der Waals surface area (Å²) < 4.78 is 57.8. The molecule has 0 heterocycles. The largest absolute Gasteiger partial charge is 0.485 e. The molecule has 0 aliphatic heterocycles.